The fourth-order valence-electron chi connectivity index (χ4n) is 2.21. The van der Waals surface area contributed by atoms with Gasteiger partial charge in [-0.05, 0) is 36.2 Å². The first-order chi connectivity index (χ1) is 11.8. The monoisotopic (exact) mass is 347 g/mol. The van der Waals surface area contributed by atoms with Crippen LogP contribution in [0.25, 0.3) is 11.1 Å². The lowest BCUT2D eigenvalue weighted by Gasteiger charge is -2.09. The standard InChI is InChI=1S/C17H18ClN3O3/c1-2-22-9-10-23-13-5-3-12(4-6-13)11-19-16-15-14(7-8-24-15)20-17(18)21-16/h3-8H,2,9-11H2,1H3,(H,19,20,21). The Balaban J connectivity index is 1.59. The average Bonchev–Trinajstić information content (AvgIpc) is 3.06. The number of anilines is 1. The molecule has 0 aliphatic carbocycles. The number of nitrogens with zero attached hydrogens (tertiary/aromatic N) is 2. The van der Waals surface area contributed by atoms with E-state index >= 15 is 0 Å². The predicted octanol–water partition coefficient (Wildman–Crippen LogP) is 3.90. The Morgan fingerprint density at radius 3 is 2.75 bits per heavy atom. The molecule has 2 aromatic heterocycles. The fraction of sp³-hybridized carbons (Fsp3) is 0.294. The van der Waals surface area contributed by atoms with E-state index in [-0.39, 0.29) is 5.28 Å². The van der Waals surface area contributed by atoms with Crippen LogP contribution in [-0.4, -0.2) is 29.8 Å². The highest BCUT2D eigenvalue weighted by atomic mass is 35.5. The first kappa shape index (κ1) is 16.5. The van der Waals surface area contributed by atoms with Crippen molar-refractivity contribution in [2.75, 3.05) is 25.1 Å². The topological polar surface area (TPSA) is 69.4 Å². The Hall–Kier alpha value is -2.31. The van der Waals surface area contributed by atoms with E-state index in [4.69, 9.17) is 25.5 Å². The molecule has 0 aliphatic heterocycles. The summed E-state index contributed by atoms with van der Waals surface area (Å²) in [4.78, 5) is 8.27. The number of hydrogen-bond acceptors (Lipinski definition) is 6. The number of nitrogens with one attached hydrogen (secondary N) is 1. The van der Waals surface area contributed by atoms with Gasteiger partial charge in [0.15, 0.2) is 11.4 Å². The van der Waals surface area contributed by atoms with Crippen LogP contribution in [0.1, 0.15) is 12.5 Å². The number of furan rings is 1. The van der Waals surface area contributed by atoms with Gasteiger partial charge in [-0.3, -0.25) is 0 Å². The van der Waals surface area contributed by atoms with Crippen molar-refractivity contribution in [1.82, 2.24) is 9.97 Å². The lowest BCUT2D eigenvalue weighted by atomic mass is 10.2. The summed E-state index contributed by atoms with van der Waals surface area (Å²) in [7, 11) is 0. The van der Waals surface area contributed by atoms with Crippen molar-refractivity contribution < 1.29 is 13.9 Å². The van der Waals surface area contributed by atoms with Crippen molar-refractivity contribution in [3.8, 4) is 5.75 Å². The lowest BCUT2D eigenvalue weighted by molar-refractivity contribution is 0.110. The van der Waals surface area contributed by atoms with Crippen LogP contribution in [0.2, 0.25) is 5.28 Å². The van der Waals surface area contributed by atoms with E-state index in [0.29, 0.717) is 43.3 Å². The molecule has 6 nitrogen and oxygen atoms in total. The summed E-state index contributed by atoms with van der Waals surface area (Å²) in [6.07, 6.45) is 1.56. The minimum atomic E-state index is 0.185. The number of rotatable bonds is 8. The number of ether oxygens (including phenoxy) is 2. The molecule has 0 bridgehead atoms. The minimum absolute atomic E-state index is 0.185. The maximum atomic E-state index is 5.92. The minimum Gasteiger partial charge on any atom is -0.491 e. The Kier molecular flexibility index (Phi) is 5.51. The Labute approximate surface area is 144 Å². The van der Waals surface area contributed by atoms with Crippen LogP contribution in [0.5, 0.6) is 5.75 Å². The summed E-state index contributed by atoms with van der Waals surface area (Å²) >= 11 is 5.92. The van der Waals surface area contributed by atoms with Crippen LogP contribution < -0.4 is 10.1 Å². The second kappa shape index (κ2) is 7.99. The van der Waals surface area contributed by atoms with Gasteiger partial charge in [-0.1, -0.05) is 12.1 Å². The van der Waals surface area contributed by atoms with Gasteiger partial charge in [0, 0.05) is 19.2 Å². The van der Waals surface area contributed by atoms with E-state index in [1.165, 1.54) is 0 Å². The van der Waals surface area contributed by atoms with E-state index in [9.17, 15) is 0 Å². The molecule has 0 aliphatic rings. The van der Waals surface area contributed by atoms with Crippen molar-refractivity contribution in [3.05, 3.63) is 47.4 Å². The van der Waals surface area contributed by atoms with Crippen LogP contribution in [0.4, 0.5) is 5.82 Å². The molecule has 0 saturated heterocycles. The van der Waals surface area contributed by atoms with Crippen LogP contribution >= 0.6 is 11.6 Å². The van der Waals surface area contributed by atoms with Gasteiger partial charge >= 0.3 is 0 Å². The second-order valence-electron chi connectivity index (χ2n) is 5.02. The molecule has 0 spiro atoms. The number of hydrogen-bond donors (Lipinski definition) is 1. The fourth-order valence-corrected chi connectivity index (χ4v) is 2.38. The third-order valence-corrected chi connectivity index (χ3v) is 3.53. The van der Waals surface area contributed by atoms with Crippen molar-refractivity contribution in [3.63, 3.8) is 0 Å². The molecule has 2 heterocycles. The highest BCUT2D eigenvalue weighted by Gasteiger charge is 2.09. The summed E-state index contributed by atoms with van der Waals surface area (Å²) in [5.74, 6) is 1.39. The van der Waals surface area contributed by atoms with Crippen molar-refractivity contribution in [2.24, 2.45) is 0 Å². The first-order valence-corrected chi connectivity index (χ1v) is 8.08. The van der Waals surface area contributed by atoms with E-state index < -0.39 is 0 Å². The zero-order valence-corrected chi connectivity index (χ0v) is 14.0. The van der Waals surface area contributed by atoms with E-state index in [2.05, 4.69) is 15.3 Å². The third kappa shape index (κ3) is 4.15. The number of aromatic nitrogens is 2. The summed E-state index contributed by atoms with van der Waals surface area (Å²) in [6, 6.07) is 9.59. The highest BCUT2D eigenvalue weighted by molar-refractivity contribution is 6.28. The summed E-state index contributed by atoms with van der Waals surface area (Å²) < 4.78 is 16.2. The Morgan fingerprint density at radius 1 is 1.12 bits per heavy atom. The predicted molar refractivity (Wildman–Crippen MR) is 92.6 cm³/mol. The van der Waals surface area contributed by atoms with E-state index in [0.717, 1.165) is 11.3 Å². The van der Waals surface area contributed by atoms with Crippen molar-refractivity contribution in [2.45, 2.75) is 13.5 Å². The van der Waals surface area contributed by atoms with E-state index in [1.54, 1.807) is 12.3 Å². The van der Waals surface area contributed by atoms with Gasteiger partial charge in [0.25, 0.3) is 0 Å². The molecule has 1 N–H and O–H groups in total. The molecule has 7 heteroatoms. The zero-order valence-electron chi connectivity index (χ0n) is 13.3. The average molecular weight is 348 g/mol. The molecule has 0 fully saturated rings. The largest absolute Gasteiger partial charge is 0.491 e. The molecule has 1 aromatic carbocycles. The number of benzene rings is 1. The molecular formula is C17H18ClN3O3. The maximum Gasteiger partial charge on any atom is 0.225 e. The molecule has 0 atom stereocenters. The number of halogens is 1. The zero-order chi connectivity index (χ0) is 16.8. The van der Waals surface area contributed by atoms with Gasteiger partial charge in [0.2, 0.25) is 5.28 Å². The molecule has 0 radical (unpaired) electrons. The molecular weight excluding hydrogens is 330 g/mol. The van der Waals surface area contributed by atoms with Gasteiger partial charge in [0.1, 0.15) is 17.9 Å². The number of fused-ring (bicyclic) bond motifs is 1. The third-order valence-electron chi connectivity index (χ3n) is 3.36. The van der Waals surface area contributed by atoms with Gasteiger partial charge in [-0.15, -0.1) is 0 Å². The Bertz CT molecular complexity index is 789. The summed E-state index contributed by atoms with van der Waals surface area (Å²) in [5, 5.41) is 3.40. The van der Waals surface area contributed by atoms with Gasteiger partial charge in [-0.25, -0.2) is 4.98 Å². The molecule has 3 rings (SSSR count). The van der Waals surface area contributed by atoms with Crippen LogP contribution in [0, 0.1) is 0 Å². The van der Waals surface area contributed by atoms with Gasteiger partial charge in [0.05, 0.1) is 12.9 Å². The van der Waals surface area contributed by atoms with Gasteiger partial charge in [-0.2, -0.15) is 4.98 Å². The summed E-state index contributed by atoms with van der Waals surface area (Å²) in [6.45, 7) is 4.38. The van der Waals surface area contributed by atoms with E-state index in [1.807, 2.05) is 31.2 Å². The quantitative estimate of drug-likeness (QED) is 0.492. The lowest BCUT2D eigenvalue weighted by Crippen LogP contribution is -2.06. The van der Waals surface area contributed by atoms with Crippen molar-refractivity contribution >= 4 is 28.5 Å². The highest BCUT2D eigenvalue weighted by Crippen LogP contribution is 2.23. The molecule has 126 valence electrons. The van der Waals surface area contributed by atoms with Gasteiger partial charge < -0.3 is 19.2 Å². The first-order valence-electron chi connectivity index (χ1n) is 7.70. The SMILES string of the molecule is CCOCCOc1ccc(CNc2nc(Cl)nc3ccoc23)cc1. The maximum absolute atomic E-state index is 5.92. The normalized spacial score (nSPS) is 10.9. The van der Waals surface area contributed by atoms with Crippen LogP contribution in [-0.2, 0) is 11.3 Å². The Morgan fingerprint density at radius 2 is 1.96 bits per heavy atom. The second-order valence-corrected chi connectivity index (χ2v) is 5.36. The van der Waals surface area contributed by atoms with Crippen LogP contribution in [0.15, 0.2) is 41.0 Å². The molecule has 24 heavy (non-hydrogen) atoms. The van der Waals surface area contributed by atoms with Crippen molar-refractivity contribution in [1.29, 1.82) is 0 Å². The smallest absolute Gasteiger partial charge is 0.225 e. The molecule has 0 saturated carbocycles. The summed E-state index contributed by atoms with van der Waals surface area (Å²) in [5.41, 5.74) is 2.35. The molecule has 3 aromatic rings. The molecule has 0 unspecified atom stereocenters. The van der Waals surface area contributed by atoms with Crippen LogP contribution in [0.3, 0.4) is 0 Å². The molecule has 0 amide bonds.